The van der Waals surface area contributed by atoms with Crippen molar-refractivity contribution in [3.8, 4) is 11.5 Å². The lowest BCUT2D eigenvalue weighted by Gasteiger charge is -2.35. The van der Waals surface area contributed by atoms with E-state index in [2.05, 4.69) is 37.9 Å². The van der Waals surface area contributed by atoms with Crippen molar-refractivity contribution in [2.45, 2.75) is 26.3 Å². The van der Waals surface area contributed by atoms with Crippen molar-refractivity contribution in [3.05, 3.63) is 35.7 Å². The van der Waals surface area contributed by atoms with Gasteiger partial charge in [0.1, 0.15) is 17.5 Å². The van der Waals surface area contributed by atoms with Crippen LogP contribution in [0.5, 0.6) is 11.5 Å². The van der Waals surface area contributed by atoms with Gasteiger partial charge in [-0.3, -0.25) is 4.90 Å². The van der Waals surface area contributed by atoms with Gasteiger partial charge in [-0.05, 0) is 37.5 Å². The van der Waals surface area contributed by atoms with Gasteiger partial charge in [0, 0.05) is 51.9 Å². The van der Waals surface area contributed by atoms with Crippen molar-refractivity contribution in [3.63, 3.8) is 0 Å². The van der Waals surface area contributed by atoms with Gasteiger partial charge in [-0.15, -0.1) is 0 Å². The van der Waals surface area contributed by atoms with Crippen molar-refractivity contribution in [1.29, 1.82) is 0 Å². The Hall–Kier alpha value is -2.54. The minimum Gasteiger partial charge on any atom is -0.454 e. The predicted molar refractivity (Wildman–Crippen MR) is 108 cm³/mol. The summed E-state index contributed by atoms with van der Waals surface area (Å²) in [6.45, 7) is 9.51. The Kier molecular flexibility index (Phi) is 4.68. The van der Waals surface area contributed by atoms with Crippen LogP contribution < -0.4 is 19.3 Å². The van der Waals surface area contributed by atoms with Crippen LogP contribution in [0.15, 0.2) is 24.3 Å². The first-order valence-corrected chi connectivity index (χ1v) is 10.2. The van der Waals surface area contributed by atoms with Gasteiger partial charge in [0.05, 0.1) is 0 Å². The summed E-state index contributed by atoms with van der Waals surface area (Å²) in [5, 5.41) is 0. The Morgan fingerprint density at radius 2 is 1.50 bits per heavy atom. The van der Waals surface area contributed by atoms with E-state index in [1.165, 1.54) is 18.4 Å². The smallest absolute Gasteiger partial charge is 0.231 e. The second-order valence-corrected chi connectivity index (χ2v) is 7.78. The summed E-state index contributed by atoms with van der Waals surface area (Å²) in [7, 11) is 0. The number of ether oxygens (including phenoxy) is 2. The van der Waals surface area contributed by atoms with Crippen LogP contribution in [0.2, 0.25) is 0 Å². The van der Waals surface area contributed by atoms with Gasteiger partial charge in [0.15, 0.2) is 11.5 Å². The number of benzene rings is 1. The summed E-state index contributed by atoms with van der Waals surface area (Å²) < 4.78 is 10.9. The number of piperazine rings is 1. The molecule has 0 aliphatic carbocycles. The molecule has 2 fully saturated rings. The Morgan fingerprint density at radius 1 is 0.821 bits per heavy atom. The van der Waals surface area contributed by atoms with Gasteiger partial charge in [-0.25, -0.2) is 9.97 Å². The van der Waals surface area contributed by atoms with Crippen LogP contribution in [-0.2, 0) is 6.54 Å². The first-order valence-electron chi connectivity index (χ1n) is 10.2. The fraction of sp³-hybridized carbons (Fsp3) is 0.524. The molecule has 2 aromatic rings. The Bertz CT molecular complexity index is 845. The van der Waals surface area contributed by atoms with Crippen molar-refractivity contribution in [2.75, 3.05) is 55.9 Å². The summed E-state index contributed by atoms with van der Waals surface area (Å²) in [6, 6.07) is 8.42. The fourth-order valence-electron chi connectivity index (χ4n) is 4.24. The van der Waals surface area contributed by atoms with Crippen LogP contribution in [-0.4, -0.2) is 60.9 Å². The maximum absolute atomic E-state index is 5.50. The van der Waals surface area contributed by atoms with Gasteiger partial charge < -0.3 is 19.3 Å². The number of anilines is 2. The first-order chi connectivity index (χ1) is 13.7. The molecule has 3 aliphatic rings. The minimum atomic E-state index is 0.329. The van der Waals surface area contributed by atoms with E-state index in [1.54, 1.807) is 0 Å². The molecule has 0 saturated carbocycles. The minimum absolute atomic E-state index is 0.329. The molecule has 0 bridgehead atoms. The summed E-state index contributed by atoms with van der Waals surface area (Å²) in [5.74, 6) is 4.73. The lowest BCUT2D eigenvalue weighted by molar-refractivity contribution is 0.174. The summed E-state index contributed by atoms with van der Waals surface area (Å²) >= 11 is 0. The summed E-state index contributed by atoms with van der Waals surface area (Å²) in [6.07, 6.45) is 2.52. The van der Waals surface area contributed by atoms with E-state index in [1.807, 2.05) is 13.0 Å². The Balaban J connectivity index is 1.22. The Labute approximate surface area is 165 Å². The molecule has 4 heterocycles. The average Bonchev–Trinajstić information content (AvgIpc) is 3.40. The second-order valence-electron chi connectivity index (χ2n) is 7.78. The molecule has 148 valence electrons. The number of aryl methyl sites for hydroxylation is 1. The van der Waals surface area contributed by atoms with Crippen molar-refractivity contribution in [1.82, 2.24) is 14.9 Å². The van der Waals surface area contributed by atoms with Crippen LogP contribution in [0.1, 0.15) is 24.2 Å². The Morgan fingerprint density at radius 3 is 2.25 bits per heavy atom. The zero-order chi connectivity index (χ0) is 18.9. The number of hydrogen-bond donors (Lipinski definition) is 0. The van der Waals surface area contributed by atoms with Crippen LogP contribution in [0.4, 0.5) is 11.6 Å². The van der Waals surface area contributed by atoms with E-state index in [9.17, 15) is 0 Å². The van der Waals surface area contributed by atoms with Gasteiger partial charge >= 0.3 is 0 Å². The van der Waals surface area contributed by atoms with Crippen LogP contribution in [0.25, 0.3) is 0 Å². The third-order valence-corrected chi connectivity index (χ3v) is 5.78. The van der Waals surface area contributed by atoms with Crippen LogP contribution in [0.3, 0.4) is 0 Å². The normalized spacial score (nSPS) is 19.5. The molecular weight excluding hydrogens is 354 g/mol. The maximum Gasteiger partial charge on any atom is 0.231 e. The van der Waals surface area contributed by atoms with Crippen molar-refractivity contribution >= 4 is 11.6 Å². The number of aromatic nitrogens is 2. The molecule has 7 heteroatoms. The lowest BCUT2D eigenvalue weighted by atomic mass is 10.1. The topological polar surface area (TPSA) is 54.0 Å². The molecule has 0 atom stereocenters. The third-order valence-electron chi connectivity index (χ3n) is 5.78. The zero-order valence-electron chi connectivity index (χ0n) is 16.4. The molecule has 0 radical (unpaired) electrons. The number of fused-ring (bicyclic) bond motifs is 1. The monoisotopic (exact) mass is 381 g/mol. The predicted octanol–water partition coefficient (Wildman–Crippen LogP) is 2.44. The maximum atomic E-state index is 5.50. The molecule has 0 unspecified atom stereocenters. The van der Waals surface area contributed by atoms with E-state index in [-0.39, 0.29) is 0 Å². The van der Waals surface area contributed by atoms with Gasteiger partial charge in [0.25, 0.3) is 0 Å². The molecule has 7 nitrogen and oxygen atoms in total. The third kappa shape index (κ3) is 3.58. The van der Waals surface area contributed by atoms with E-state index in [4.69, 9.17) is 14.5 Å². The number of rotatable bonds is 4. The highest BCUT2D eigenvalue weighted by atomic mass is 16.7. The number of nitrogens with zero attached hydrogens (tertiary/aromatic N) is 5. The standard InChI is InChI=1S/C21H27N5O2/c1-16-22-20(25-6-2-3-7-25)13-21(23-16)26-10-8-24(9-11-26)14-17-4-5-18-19(12-17)28-15-27-18/h4-5,12-13H,2-3,6-11,14-15H2,1H3. The quantitative estimate of drug-likeness (QED) is 0.806. The molecule has 1 aromatic carbocycles. The SMILES string of the molecule is Cc1nc(N2CCCC2)cc(N2CCN(Cc3ccc4c(c3)OCO4)CC2)n1. The number of hydrogen-bond acceptors (Lipinski definition) is 7. The lowest BCUT2D eigenvalue weighted by Crippen LogP contribution is -2.46. The summed E-state index contributed by atoms with van der Waals surface area (Å²) in [4.78, 5) is 16.6. The average molecular weight is 381 g/mol. The van der Waals surface area contributed by atoms with E-state index in [0.717, 1.165) is 74.8 Å². The van der Waals surface area contributed by atoms with Crippen LogP contribution in [0, 0.1) is 6.92 Å². The molecule has 2 saturated heterocycles. The van der Waals surface area contributed by atoms with Crippen molar-refractivity contribution < 1.29 is 9.47 Å². The van der Waals surface area contributed by atoms with Crippen LogP contribution >= 0.6 is 0 Å². The van der Waals surface area contributed by atoms with Gasteiger partial charge in [0.2, 0.25) is 6.79 Å². The molecule has 1 aromatic heterocycles. The van der Waals surface area contributed by atoms with Gasteiger partial charge in [-0.1, -0.05) is 6.07 Å². The van der Waals surface area contributed by atoms with Gasteiger partial charge in [-0.2, -0.15) is 0 Å². The molecule has 0 amide bonds. The highest BCUT2D eigenvalue weighted by molar-refractivity contribution is 5.52. The molecule has 0 N–H and O–H groups in total. The largest absolute Gasteiger partial charge is 0.454 e. The molecule has 0 spiro atoms. The zero-order valence-corrected chi connectivity index (χ0v) is 16.4. The fourth-order valence-corrected chi connectivity index (χ4v) is 4.24. The van der Waals surface area contributed by atoms with E-state index in [0.29, 0.717) is 6.79 Å². The highest BCUT2D eigenvalue weighted by Crippen LogP contribution is 2.33. The molecule has 3 aliphatic heterocycles. The molecule has 28 heavy (non-hydrogen) atoms. The first kappa shape index (κ1) is 17.6. The van der Waals surface area contributed by atoms with E-state index < -0.39 is 0 Å². The van der Waals surface area contributed by atoms with E-state index >= 15 is 0 Å². The second kappa shape index (κ2) is 7.47. The highest BCUT2D eigenvalue weighted by Gasteiger charge is 2.22. The summed E-state index contributed by atoms with van der Waals surface area (Å²) in [5.41, 5.74) is 1.27. The van der Waals surface area contributed by atoms with Crippen molar-refractivity contribution in [2.24, 2.45) is 0 Å². The molecular formula is C21H27N5O2. The molecule has 5 rings (SSSR count).